The summed E-state index contributed by atoms with van der Waals surface area (Å²) in [4.78, 5) is 2.23. The van der Waals surface area contributed by atoms with Gasteiger partial charge in [-0.25, -0.2) is 35.8 Å². The molecule has 17 heteroatoms. The van der Waals surface area contributed by atoms with Crippen LogP contribution in [-0.4, -0.2) is 122 Å². The van der Waals surface area contributed by atoms with Gasteiger partial charge < -0.3 is 10.5 Å². The molecule has 5 aliphatic rings. The first-order valence-electron chi connectivity index (χ1n) is 16.0. The molecule has 5 rings (SSSR count). The summed E-state index contributed by atoms with van der Waals surface area (Å²) in [6.07, 6.45) is -11.3. The molecule has 0 aromatic rings. The van der Waals surface area contributed by atoms with Gasteiger partial charge in [0.15, 0.2) is 9.84 Å². The molecule has 3 aliphatic heterocycles. The van der Waals surface area contributed by atoms with Gasteiger partial charge in [-0.2, -0.15) is 0 Å². The van der Waals surface area contributed by atoms with E-state index in [9.17, 15) is 26.0 Å². The van der Waals surface area contributed by atoms with Crippen LogP contribution in [0.4, 0.5) is 22.0 Å². The maximum absolute atomic E-state index is 15.9. The summed E-state index contributed by atoms with van der Waals surface area (Å²) in [6, 6.07) is 0.309. The molecule has 262 valence electrons. The Hall–Kier alpha value is -0.370. The Balaban J connectivity index is 1.27. The van der Waals surface area contributed by atoms with Gasteiger partial charge in [0, 0.05) is 49.9 Å². The van der Waals surface area contributed by atoms with E-state index < -0.39 is 73.8 Å². The number of nitrogens with one attached hydrogen (secondary N) is 5. The lowest BCUT2D eigenvalue weighted by molar-refractivity contribution is -0.0511. The van der Waals surface area contributed by atoms with E-state index in [2.05, 4.69) is 38.6 Å². The number of nitrogens with zero attached hydrogens (tertiary/aromatic N) is 1. The van der Waals surface area contributed by atoms with Gasteiger partial charge in [0.25, 0.3) is 0 Å². The maximum atomic E-state index is 15.9. The van der Waals surface area contributed by atoms with Crippen LogP contribution in [0.2, 0.25) is 0 Å². The number of ether oxygens (including phenoxy) is 1. The van der Waals surface area contributed by atoms with Gasteiger partial charge in [0.1, 0.15) is 42.5 Å². The van der Waals surface area contributed by atoms with Crippen LogP contribution in [0.15, 0.2) is 0 Å². The van der Waals surface area contributed by atoms with Crippen LogP contribution in [0, 0.1) is 5.92 Å². The fourth-order valence-corrected chi connectivity index (χ4v) is 11.5. The molecule has 3 saturated heterocycles. The summed E-state index contributed by atoms with van der Waals surface area (Å²) in [5, 5.41) is 8.84. The number of rotatable bonds is 9. The van der Waals surface area contributed by atoms with Crippen LogP contribution in [0.5, 0.6) is 0 Å². The summed E-state index contributed by atoms with van der Waals surface area (Å²) >= 11 is 1.34. The lowest BCUT2D eigenvalue weighted by atomic mass is 9.76. The van der Waals surface area contributed by atoms with Crippen molar-refractivity contribution in [2.45, 2.75) is 148 Å². The number of halogens is 5. The highest BCUT2D eigenvalue weighted by molar-refractivity contribution is 8.00. The average Bonchev–Trinajstić information content (AvgIpc) is 3.60. The molecule has 0 spiro atoms. The van der Waals surface area contributed by atoms with Crippen molar-refractivity contribution in [3.8, 4) is 0 Å². The fraction of sp³-hybridized carbons (Fsp3) is 1.00. The maximum Gasteiger partial charge on any atom is 0.158 e. The fourth-order valence-electron chi connectivity index (χ4n) is 7.80. The zero-order valence-electron chi connectivity index (χ0n) is 26.3. The second-order valence-corrected chi connectivity index (χ2v) is 18.1. The normalized spacial score (nSPS) is 47.3. The molecule has 45 heavy (non-hydrogen) atoms. The molecule has 0 radical (unpaired) electrons. The Kier molecular flexibility index (Phi) is 11.4. The first-order valence-corrected chi connectivity index (χ1v) is 18.5. The predicted molar refractivity (Wildman–Crippen MR) is 164 cm³/mol. The smallest absolute Gasteiger partial charge is 0.158 e. The summed E-state index contributed by atoms with van der Waals surface area (Å²) < 4.78 is 105. The van der Waals surface area contributed by atoms with Crippen LogP contribution in [0.25, 0.3) is 0 Å². The number of alkyl halides is 5. The number of hydrazine groups is 1. The molecule has 0 aromatic carbocycles. The Morgan fingerprint density at radius 3 is 2.20 bits per heavy atom. The van der Waals surface area contributed by atoms with E-state index in [-0.39, 0.29) is 55.9 Å². The van der Waals surface area contributed by atoms with Gasteiger partial charge in [-0.1, -0.05) is 0 Å². The number of hydrogen-bond acceptors (Lipinski definition) is 11. The van der Waals surface area contributed by atoms with Crippen molar-refractivity contribution in [1.29, 1.82) is 0 Å². The molecule has 3 heterocycles. The average molecular weight is 692 g/mol. The second kappa shape index (κ2) is 14.2. The highest BCUT2D eigenvalue weighted by Crippen LogP contribution is 2.47. The monoisotopic (exact) mass is 691 g/mol. The SMILES string of the molecule is COC1C(NC2CC(C)NN2)NC(SC2CCC(S(=O)(=O)C(C)(C)C3C(F)C(F)CC(F)C3F)CC2F)NC1N1CCC(N)C1. The van der Waals surface area contributed by atoms with Crippen molar-refractivity contribution in [3.05, 3.63) is 0 Å². The van der Waals surface area contributed by atoms with E-state index in [0.717, 1.165) is 33.2 Å². The van der Waals surface area contributed by atoms with E-state index in [1.165, 1.54) is 11.8 Å². The summed E-state index contributed by atoms with van der Waals surface area (Å²) in [5.74, 6) is -2.02. The number of likely N-dealkylation sites (tertiary alicyclic amines) is 1. The quantitative estimate of drug-likeness (QED) is 0.197. The predicted octanol–water partition coefficient (Wildman–Crippen LogP) is 1.52. The minimum atomic E-state index is -4.38. The second-order valence-electron chi connectivity index (χ2n) is 14.0. The minimum absolute atomic E-state index is 0.0318. The van der Waals surface area contributed by atoms with E-state index in [1.54, 1.807) is 7.11 Å². The topological polar surface area (TPSA) is 133 Å². The molecule has 7 N–H and O–H groups in total. The van der Waals surface area contributed by atoms with E-state index in [1.807, 2.05) is 0 Å². The minimum Gasteiger partial charge on any atom is -0.375 e. The number of nitrogens with two attached hydrogens (primary N) is 1. The Morgan fingerprint density at radius 2 is 1.64 bits per heavy atom. The molecule has 2 aliphatic carbocycles. The molecular weight excluding hydrogens is 641 g/mol. The van der Waals surface area contributed by atoms with Gasteiger partial charge in [0.05, 0.1) is 28.5 Å². The number of thioether (sulfide) groups is 1. The van der Waals surface area contributed by atoms with Gasteiger partial charge >= 0.3 is 0 Å². The van der Waals surface area contributed by atoms with Crippen molar-refractivity contribution in [2.24, 2.45) is 11.7 Å². The van der Waals surface area contributed by atoms with Crippen molar-refractivity contribution < 1.29 is 35.1 Å². The van der Waals surface area contributed by atoms with E-state index in [4.69, 9.17) is 10.5 Å². The molecular formula is C28H50F5N7O3S2. The van der Waals surface area contributed by atoms with Crippen LogP contribution in [0.1, 0.15) is 59.3 Å². The summed E-state index contributed by atoms with van der Waals surface area (Å²) in [7, 11) is -2.73. The van der Waals surface area contributed by atoms with E-state index >= 15 is 4.39 Å². The van der Waals surface area contributed by atoms with Crippen molar-refractivity contribution in [2.75, 3.05) is 20.2 Å². The van der Waals surface area contributed by atoms with Crippen molar-refractivity contribution >= 4 is 21.6 Å². The van der Waals surface area contributed by atoms with Crippen LogP contribution in [-0.2, 0) is 14.6 Å². The molecule has 14 unspecified atom stereocenters. The molecule has 14 atom stereocenters. The molecule has 0 bridgehead atoms. The van der Waals surface area contributed by atoms with Crippen molar-refractivity contribution in [3.63, 3.8) is 0 Å². The lowest BCUT2D eigenvalue weighted by Crippen LogP contribution is -2.74. The third-order valence-corrected chi connectivity index (χ3v) is 14.9. The van der Waals surface area contributed by atoms with Crippen LogP contribution < -0.4 is 32.5 Å². The highest BCUT2D eigenvalue weighted by atomic mass is 32.2. The molecule has 2 saturated carbocycles. The third-order valence-electron chi connectivity index (χ3n) is 10.5. The number of methoxy groups -OCH3 is 1. The Labute approximate surface area is 267 Å². The van der Waals surface area contributed by atoms with Gasteiger partial charge in [-0.15, -0.1) is 11.8 Å². The first kappa shape index (κ1) is 35.9. The Morgan fingerprint density at radius 1 is 0.956 bits per heavy atom. The first-order chi connectivity index (χ1) is 21.1. The molecule has 5 fully saturated rings. The summed E-state index contributed by atoms with van der Waals surface area (Å²) in [5.41, 5.74) is 12.2. The van der Waals surface area contributed by atoms with E-state index in [0.29, 0.717) is 6.54 Å². The van der Waals surface area contributed by atoms with Crippen LogP contribution >= 0.6 is 11.8 Å². The molecule has 10 nitrogen and oxygen atoms in total. The summed E-state index contributed by atoms with van der Waals surface area (Å²) in [6.45, 7) is 5.75. The zero-order valence-corrected chi connectivity index (χ0v) is 27.9. The standard InChI is InChI=1S/C28H50F5N7O3S2/c1-13-9-20(39-38-13)35-25-24(43-4)26(40-8-7-14(34)12-40)37-27(36-25)44-19-6-5-15(10-16(19)29)45(41,42)28(2,3)21-22(32)17(30)11-18(31)23(21)33/h13-27,35-39H,5-12,34H2,1-4H3. The third kappa shape index (κ3) is 7.32. The largest absolute Gasteiger partial charge is 0.375 e. The number of hydrogen-bond donors (Lipinski definition) is 6. The van der Waals surface area contributed by atoms with Crippen molar-refractivity contribution in [1.82, 2.24) is 31.7 Å². The number of sulfone groups is 1. The molecule has 0 amide bonds. The zero-order chi connectivity index (χ0) is 32.8. The highest BCUT2D eigenvalue weighted by Gasteiger charge is 2.59. The van der Waals surface area contributed by atoms with Gasteiger partial charge in [-0.3, -0.25) is 26.3 Å². The Bertz CT molecular complexity index is 1100. The van der Waals surface area contributed by atoms with Gasteiger partial charge in [0.2, 0.25) is 0 Å². The van der Waals surface area contributed by atoms with Crippen LogP contribution in [0.3, 0.4) is 0 Å². The molecule has 0 aromatic heterocycles. The lowest BCUT2D eigenvalue weighted by Gasteiger charge is -2.48. The van der Waals surface area contributed by atoms with Gasteiger partial charge in [-0.05, 0) is 52.9 Å².